The van der Waals surface area contributed by atoms with Gasteiger partial charge in [-0.25, -0.2) is 9.78 Å². The van der Waals surface area contributed by atoms with Gasteiger partial charge in [-0.05, 0) is 24.3 Å². The average molecular weight is 251 g/mol. The Morgan fingerprint density at radius 2 is 2.00 bits per heavy atom. The number of carbonyl (C=O) groups is 1. The average Bonchev–Trinajstić information content (AvgIpc) is 2.28. The molecule has 0 aliphatic heterocycles. The molecule has 0 amide bonds. The van der Waals surface area contributed by atoms with Crippen molar-refractivity contribution in [1.29, 1.82) is 0 Å². The second kappa shape index (κ2) is 6.38. The summed E-state index contributed by atoms with van der Waals surface area (Å²) >= 11 is 0. The van der Waals surface area contributed by atoms with Crippen LogP contribution in [-0.2, 0) is 0 Å². The van der Waals surface area contributed by atoms with Gasteiger partial charge in [-0.2, -0.15) is 0 Å². The maximum Gasteiger partial charge on any atom is 0.335 e. The fourth-order valence-corrected chi connectivity index (χ4v) is 1.42. The Kier molecular flexibility index (Phi) is 5.13. The van der Waals surface area contributed by atoms with Crippen molar-refractivity contribution in [2.24, 2.45) is 5.92 Å². The minimum Gasteiger partial charge on any atom is -0.478 e. The van der Waals surface area contributed by atoms with E-state index >= 15 is 0 Å². The van der Waals surface area contributed by atoms with E-state index in [-0.39, 0.29) is 11.5 Å². The van der Waals surface area contributed by atoms with Crippen molar-refractivity contribution >= 4 is 5.97 Å². The van der Waals surface area contributed by atoms with Gasteiger partial charge < -0.3 is 9.84 Å². The number of aromatic nitrogens is 1. The standard InChI is InChI=1S/C14H21NO3/c1-9(2)5-6-18-13-8-11(14(16)17)7-12(15-13)10(3)4/h7-10H,5-6H2,1-4H3,(H,16,17). The topological polar surface area (TPSA) is 59.4 Å². The van der Waals surface area contributed by atoms with Crippen molar-refractivity contribution < 1.29 is 14.6 Å². The third-order valence-electron chi connectivity index (χ3n) is 2.61. The molecule has 1 rings (SSSR count). The molecule has 1 aromatic rings. The van der Waals surface area contributed by atoms with Crippen LogP contribution in [0.3, 0.4) is 0 Å². The van der Waals surface area contributed by atoms with E-state index < -0.39 is 5.97 Å². The molecule has 18 heavy (non-hydrogen) atoms. The van der Waals surface area contributed by atoms with Gasteiger partial charge in [-0.3, -0.25) is 0 Å². The second-order valence-corrected chi connectivity index (χ2v) is 5.11. The van der Waals surface area contributed by atoms with E-state index in [2.05, 4.69) is 18.8 Å². The van der Waals surface area contributed by atoms with Gasteiger partial charge in [0.2, 0.25) is 5.88 Å². The van der Waals surface area contributed by atoms with Gasteiger partial charge >= 0.3 is 5.97 Å². The van der Waals surface area contributed by atoms with Crippen molar-refractivity contribution in [2.75, 3.05) is 6.61 Å². The Labute approximate surface area is 108 Å². The number of ether oxygens (including phenoxy) is 1. The Balaban J connectivity index is 2.86. The van der Waals surface area contributed by atoms with Crippen LogP contribution in [0.15, 0.2) is 12.1 Å². The lowest BCUT2D eigenvalue weighted by Crippen LogP contribution is -2.07. The highest BCUT2D eigenvalue weighted by atomic mass is 16.5. The molecule has 0 aliphatic carbocycles. The molecule has 0 spiro atoms. The van der Waals surface area contributed by atoms with E-state index in [1.54, 1.807) is 6.07 Å². The normalized spacial score (nSPS) is 11.0. The van der Waals surface area contributed by atoms with Gasteiger partial charge in [-0.15, -0.1) is 0 Å². The second-order valence-electron chi connectivity index (χ2n) is 5.11. The Morgan fingerprint density at radius 1 is 1.33 bits per heavy atom. The molecular formula is C14H21NO3. The van der Waals surface area contributed by atoms with E-state index in [1.807, 2.05) is 13.8 Å². The van der Waals surface area contributed by atoms with Crippen LogP contribution in [0, 0.1) is 5.92 Å². The number of aromatic carboxylic acids is 1. The highest BCUT2D eigenvalue weighted by Gasteiger charge is 2.11. The fourth-order valence-electron chi connectivity index (χ4n) is 1.42. The van der Waals surface area contributed by atoms with Crippen LogP contribution in [0.4, 0.5) is 0 Å². The summed E-state index contributed by atoms with van der Waals surface area (Å²) in [7, 11) is 0. The zero-order valence-corrected chi connectivity index (χ0v) is 11.4. The molecule has 0 saturated heterocycles. The van der Waals surface area contributed by atoms with Crippen LogP contribution >= 0.6 is 0 Å². The minimum absolute atomic E-state index is 0.178. The molecule has 0 fully saturated rings. The molecule has 1 heterocycles. The van der Waals surface area contributed by atoms with E-state index in [0.717, 1.165) is 12.1 Å². The number of rotatable bonds is 6. The molecule has 1 aromatic heterocycles. The molecular weight excluding hydrogens is 230 g/mol. The molecule has 100 valence electrons. The lowest BCUT2D eigenvalue weighted by Gasteiger charge is -2.11. The number of pyridine rings is 1. The lowest BCUT2D eigenvalue weighted by atomic mass is 10.1. The van der Waals surface area contributed by atoms with Gasteiger partial charge in [0.05, 0.1) is 12.2 Å². The van der Waals surface area contributed by atoms with Crippen molar-refractivity contribution in [3.8, 4) is 5.88 Å². The van der Waals surface area contributed by atoms with E-state index in [4.69, 9.17) is 9.84 Å². The summed E-state index contributed by atoms with van der Waals surface area (Å²) in [6.07, 6.45) is 0.927. The third kappa shape index (κ3) is 4.35. The molecule has 4 nitrogen and oxygen atoms in total. The van der Waals surface area contributed by atoms with Gasteiger partial charge in [0.1, 0.15) is 0 Å². The summed E-state index contributed by atoms with van der Waals surface area (Å²) in [5, 5.41) is 9.05. The predicted octanol–water partition coefficient (Wildman–Crippen LogP) is 3.33. The smallest absolute Gasteiger partial charge is 0.335 e. The number of carboxylic acids is 1. The number of carboxylic acid groups (broad SMARTS) is 1. The zero-order valence-electron chi connectivity index (χ0n) is 11.4. The fraction of sp³-hybridized carbons (Fsp3) is 0.571. The van der Waals surface area contributed by atoms with Crippen LogP contribution in [0.5, 0.6) is 5.88 Å². The number of hydrogen-bond donors (Lipinski definition) is 1. The van der Waals surface area contributed by atoms with Gasteiger partial charge in [0, 0.05) is 11.8 Å². The minimum atomic E-state index is -0.951. The molecule has 0 radical (unpaired) electrons. The van der Waals surface area contributed by atoms with Crippen LogP contribution < -0.4 is 4.74 Å². The molecule has 0 aliphatic rings. The summed E-state index contributed by atoms with van der Waals surface area (Å²) in [5.74, 6) is 0.182. The monoisotopic (exact) mass is 251 g/mol. The molecule has 0 bridgehead atoms. The highest BCUT2D eigenvalue weighted by Crippen LogP contribution is 2.19. The summed E-state index contributed by atoms with van der Waals surface area (Å²) in [5.41, 5.74) is 0.975. The lowest BCUT2D eigenvalue weighted by molar-refractivity contribution is 0.0696. The van der Waals surface area contributed by atoms with Crippen LogP contribution in [0.25, 0.3) is 0 Å². The van der Waals surface area contributed by atoms with Crippen LogP contribution in [0.1, 0.15) is 56.1 Å². The quantitative estimate of drug-likeness (QED) is 0.842. The van der Waals surface area contributed by atoms with Crippen molar-refractivity contribution in [2.45, 2.75) is 40.0 Å². The third-order valence-corrected chi connectivity index (χ3v) is 2.61. The summed E-state index contributed by atoms with van der Waals surface area (Å²) in [6.45, 7) is 8.75. The summed E-state index contributed by atoms with van der Waals surface area (Å²) < 4.78 is 5.52. The van der Waals surface area contributed by atoms with Crippen molar-refractivity contribution in [3.05, 3.63) is 23.4 Å². The Hall–Kier alpha value is -1.58. The maximum atomic E-state index is 11.0. The first-order chi connectivity index (χ1) is 8.40. The highest BCUT2D eigenvalue weighted by molar-refractivity contribution is 5.88. The van der Waals surface area contributed by atoms with Crippen LogP contribution in [-0.4, -0.2) is 22.7 Å². The maximum absolute atomic E-state index is 11.0. The van der Waals surface area contributed by atoms with E-state index in [1.165, 1.54) is 6.07 Å². The molecule has 0 atom stereocenters. The molecule has 4 heteroatoms. The van der Waals surface area contributed by atoms with Crippen molar-refractivity contribution in [3.63, 3.8) is 0 Å². The van der Waals surface area contributed by atoms with Gasteiger partial charge in [0.15, 0.2) is 0 Å². The van der Waals surface area contributed by atoms with Crippen LogP contribution in [0.2, 0.25) is 0 Å². The first-order valence-corrected chi connectivity index (χ1v) is 6.28. The largest absolute Gasteiger partial charge is 0.478 e. The molecule has 0 aromatic carbocycles. The Morgan fingerprint density at radius 3 is 2.50 bits per heavy atom. The van der Waals surface area contributed by atoms with E-state index in [9.17, 15) is 4.79 Å². The molecule has 0 unspecified atom stereocenters. The van der Waals surface area contributed by atoms with Gasteiger partial charge in [-0.1, -0.05) is 27.7 Å². The van der Waals surface area contributed by atoms with Crippen molar-refractivity contribution in [1.82, 2.24) is 4.98 Å². The molecule has 1 N–H and O–H groups in total. The number of nitrogens with zero attached hydrogens (tertiary/aromatic N) is 1. The zero-order chi connectivity index (χ0) is 13.7. The first kappa shape index (κ1) is 14.5. The van der Waals surface area contributed by atoms with E-state index in [0.29, 0.717) is 18.4 Å². The Bertz CT molecular complexity index is 414. The number of hydrogen-bond acceptors (Lipinski definition) is 3. The summed E-state index contributed by atoms with van der Waals surface area (Å²) in [4.78, 5) is 15.4. The SMILES string of the molecule is CC(C)CCOc1cc(C(=O)O)cc(C(C)C)n1. The molecule has 0 saturated carbocycles. The first-order valence-electron chi connectivity index (χ1n) is 6.28. The van der Waals surface area contributed by atoms with Gasteiger partial charge in [0.25, 0.3) is 0 Å². The predicted molar refractivity (Wildman–Crippen MR) is 70.2 cm³/mol. The summed E-state index contributed by atoms with van der Waals surface area (Å²) in [6, 6.07) is 3.08.